The van der Waals surface area contributed by atoms with Crippen molar-refractivity contribution in [1.82, 2.24) is 10.3 Å². The number of esters is 1. The Morgan fingerprint density at radius 3 is 2.57 bits per heavy atom. The van der Waals surface area contributed by atoms with Gasteiger partial charge in [-0.25, -0.2) is 4.79 Å². The second-order valence-electron chi connectivity index (χ2n) is 5.04. The molecule has 0 saturated carbocycles. The summed E-state index contributed by atoms with van der Waals surface area (Å²) in [5.41, 5.74) is 1.93. The minimum absolute atomic E-state index is 0.0229. The summed E-state index contributed by atoms with van der Waals surface area (Å²) in [6.45, 7) is 5.90. The number of methoxy groups -OCH3 is 1. The molecule has 0 radical (unpaired) electrons. The topological polar surface area (TPSA) is 64.4 Å². The largest absolute Gasteiger partial charge is 0.463 e. The summed E-state index contributed by atoms with van der Waals surface area (Å²) in [6.07, 6.45) is 3.54. The quantitative estimate of drug-likeness (QED) is 0.856. The smallest absolute Gasteiger partial charge is 0.374 e. The number of carbonyl (C=O) groups is 1. The molecule has 5 heteroatoms. The summed E-state index contributed by atoms with van der Waals surface area (Å²) in [7, 11) is 1.34. The van der Waals surface area contributed by atoms with Gasteiger partial charge in [0.15, 0.2) is 0 Å². The van der Waals surface area contributed by atoms with E-state index in [1.54, 1.807) is 12.4 Å². The fourth-order valence-electron chi connectivity index (χ4n) is 2.22. The van der Waals surface area contributed by atoms with E-state index in [4.69, 9.17) is 9.15 Å². The first-order valence-electron chi connectivity index (χ1n) is 6.87. The molecule has 0 saturated heterocycles. The molecule has 0 aliphatic heterocycles. The molecular weight excluding hydrogens is 268 g/mol. The first-order chi connectivity index (χ1) is 10.0. The third kappa shape index (κ3) is 3.49. The molecule has 2 heterocycles. The van der Waals surface area contributed by atoms with Gasteiger partial charge in [0.05, 0.1) is 13.2 Å². The highest BCUT2D eigenvalue weighted by Crippen LogP contribution is 2.24. The number of aryl methyl sites for hydroxylation is 1. The Labute approximate surface area is 124 Å². The molecule has 0 aliphatic rings. The summed E-state index contributed by atoms with van der Waals surface area (Å²) in [6, 6.07) is 5.93. The number of aromatic nitrogens is 1. The maximum Gasteiger partial charge on any atom is 0.374 e. The molecule has 0 spiro atoms. The number of ether oxygens (including phenoxy) is 1. The van der Waals surface area contributed by atoms with Crippen LogP contribution >= 0.6 is 0 Å². The number of nitrogens with one attached hydrogen (secondary N) is 1. The zero-order valence-electron chi connectivity index (χ0n) is 12.7. The number of furan rings is 1. The molecule has 21 heavy (non-hydrogen) atoms. The van der Waals surface area contributed by atoms with Crippen molar-refractivity contribution in [3.05, 3.63) is 53.2 Å². The van der Waals surface area contributed by atoms with Gasteiger partial charge >= 0.3 is 5.97 Å². The minimum atomic E-state index is -0.451. The Bertz CT molecular complexity index is 607. The Morgan fingerprint density at radius 1 is 1.29 bits per heavy atom. The van der Waals surface area contributed by atoms with E-state index in [0.717, 1.165) is 11.1 Å². The third-order valence-corrected chi connectivity index (χ3v) is 3.44. The molecule has 0 aliphatic carbocycles. The SMILES string of the molecule is COC(=O)c1oc([C@@H](C)N[C@H](C)c2ccncc2)cc1C. The van der Waals surface area contributed by atoms with E-state index in [9.17, 15) is 4.79 Å². The van der Waals surface area contributed by atoms with Crippen molar-refractivity contribution in [2.75, 3.05) is 7.11 Å². The van der Waals surface area contributed by atoms with E-state index >= 15 is 0 Å². The number of carbonyl (C=O) groups excluding carboxylic acids is 1. The van der Waals surface area contributed by atoms with Crippen LogP contribution < -0.4 is 5.32 Å². The highest BCUT2D eigenvalue weighted by atomic mass is 16.5. The van der Waals surface area contributed by atoms with Crippen LogP contribution in [0.4, 0.5) is 0 Å². The highest BCUT2D eigenvalue weighted by Gasteiger charge is 2.20. The zero-order chi connectivity index (χ0) is 15.4. The van der Waals surface area contributed by atoms with E-state index in [-0.39, 0.29) is 17.8 Å². The van der Waals surface area contributed by atoms with Crippen LogP contribution in [0.1, 0.15) is 53.4 Å². The molecule has 0 unspecified atom stereocenters. The van der Waals surface area contributed by atoms with Gasteiger partial charge in [-0.15, -0.1) is 0 Å². The molecule has 5 nitrogen and oxygen atoms in total. The molecule has 0 fully saturated rings. The lowest BCUT2D eigenvalue weighted by atomic mass is 10.1. The Balaban J connectivity index is 2.10. The lowest BCUT2D eigenvalue weighted by molar-refractivity contribution is 0.0561. The molecule has 2 atom stereocenters. The molecule has 0 amide bonds. The number of rotatable bonds is 5. The summed E-state index contributed by atoms with van der Waals surface area (Å²) in [4.78, 5) is 15.6. The van der Waals surface area contributed by atoms with Crippen LogP contribution in [0, 0.1) is 6.92 Å². The molecule has 0 bridgehead atoms. The fourth-order valence-corrected chi connectivity index (χ4v) is 2.22. The zero-order valence-corrected chi connectivity index (χ0v) is 12.7. The fraction of sp³-hybridized carbons (Fsp3) is 0.375. The highest BCUT2D eigenvalue weighted by molar-refractivity contribution is 5.87. The van der Waals surface area contributed by atoms with E-state index in [1.165, 1.54) is 7.11 Å². The van der Waals surface area contributed by atoms with Crippen LogP contribution in [0.3, 0.4) is 0 Å². The minimum Gasteiger partial charge on any atom is -0.463 e. The molecule has 0 aromatic carbocycles. The van der Waals surface area contributed by atoms with Crippen LogP contribution in [0.25, 0.3) is 0 Å². The third-order valence-electron chi connectivity index (χ3n) is 3.44. The van der Waals surface area contributed by atoms with Crippen LogP contribution in [-0.4, -0.2) is 18.1 Å². The predicted octanol–water partition coefficient (Wildman–Crippen LogP) is 3.18. The van der Waals surface area contributed by atoms with Gasteiger partial charge in [-0.3, -0.25) is 4.98 Å². The predicted molar refractivity (Wildman–Crippen MR) is 79.0 cm³/mol. The van der Waals surface area contributed by atoms with Crippen molar-refractivity contribution in [1.29, 1.82) is 0 Å². The van der Waals surface area contributed by atoms with E-state index < -0.39 is 5.97 Å². The first kappa shape index (κ1) is 15.3. The molecular formula is C16H20N2O3. The van der Waals surface area contributed by atoms with Gasteiger partial charge < -0.3 is 14.5 Å². The van der Waals surface area contributed by atoms with E-state index in [0.29, 0.717) is 5.76 Å². The van der Waals surface area contributed by atoms with Gasteiger partial charge in [0.1, 0.15) is 5.76 Å². The molecule has 2 aromatic rings. The van der Waals surface area contributed by atoms with E-state index in [2.05, 4.69) is 17.2 Å². The van der Waals surface area contributed by atoms with Gasteiger partial charge in [0.25, 0.3) is 0 Å². The van der Waals surface area contributed by atoms with Gasteiger partial charge in [-0.05, 0) is 44.5 Å². The Hall–Kier alpha value is -2.14. The number of nitrogens with zero attached hydrogens (tertiary/aromatic N) is 1. The van der Waals surface area contributed by atoms with Crippen LogP contribution in [0.5, 0.6) is 0 Å². The number of pyridine rings is 1. The van der Waals surface area contributed by atoms with Gasteiger partial charge in [0, 0.05) is 24.0 Å². The van der Waals surface area contributed by atoms with Crippen molar-refractivity contribution in [3.8, 4) is 0 Å². The number of hydrogen-bond donors (Lipinski definition) is 1. The summed E-state index contributed by atoms with van der Waals surface area (Å²) in [5, 5.41) is 3.44. The van der Waals surface area contributed by atoms with Crippen molar-refractivity contribution in [3.63, 3.8) is 0 Å². The van der Waals surface area contributed by atoms with Crippen LogP contribution in [0.15, 0.2) is 35.0 Å². The lowest BCUT2D eigenvalue weighted by Gasteiger charge is -2.18. The van der Waals surface area contributed by atoms with Crippen molar-refractivity contribution < 1.29 is 13.9 Å². The van der Waals surface area contributed by atoms with Gasteiger partial charge in [-0.2, -0.15) is 0 Å². The summed E-state index contributed by atoms with van der Waals surface area (Å²) >= 11 is 0. The summed E-state index contributed by atoms with van der Waals surface area (Å²) in [5.74, 6) is 0.527. The molecule has 112 valence electrons. The molecule has 2 aromatic heterocycles. The van der Waals surface area contributed by atoms with Crippen molar-refractivity contribution in [2.24, 2.45) is 0 Å². The average molecular weight is 288 g/mol. The van der Waals surface area contributed by atoms with Crippen LogP contribution in [0.2, 0.25) is 0 Å². The lowest BCUT2D eigenvalue weighted by Crippen LogP contribution is -2.22. The van der Waals surface area contributed by atoms with Gasteiger partial charge in [0.2, 0.25) is 5.76 Å². The van der Waals surface area contributed by atoms with E-state index in [1.807, 2.05) is 32.0 Å². The van der Waals surface area contributed by atoms with Crippen molar-refractivity contribution >= 4 is 5.97 Å². The normalized spacial score (nSPS) is 13.7. The average Bonchev–Trinajstić information content (AvgIpc) is 2.89. The summed E-state index contributed by atoms with van der Waals surface area (Å²) < 4.78 is 10.3. The first-order valence-corrected chi connectivity index (χ1v) is 6.87. The van der Waals surface area contributed by atoms with Crippen molar-refractivity contribution in [2.45, 2.75) is 32.9 Å². The Morgan fingerprint density at radius 2 is 1.95 bits per heavy atom. The maximum absolute atomic E-state index is 11.6. The number of hydrogen-bond acceptors (Lipinski definition) is 5. The molecule has 1 N–H and O–H groups in total. The Kier molecular flexibility index (Phi) is 4.75. The van der Waals surface area contributed by atoms with Gasteiger partial charge in [-0.1, -0.05) is 0 Å². The standard InChI is InChI=1S/C16H20N2O3/c1-10-9-14(21-15(10)16(19)20-4)12(3)18-11(2)13-5-7-17-8-6-13/h5-9,11-12,18H,1-4H3/t11-,12-/m1/s1. The second-order valence-corrected chi connectivity index (χ2v) is 5.04. The van der Waals surface area contributed by atoms with Crippen LogP contribution in [-0.2, 0) is 4.74 Å². The maximum atomic E-state index is 11.6. The monoisotopic (exact) mass is 288 g/mol. The molecule has 2 rings (SSSR count). The second kappa shape index (κ2) is 6.54.